The molecule has 0 saturated heterocycles. The predicted octanol–water partition coefficient (Wildman–Crippen LogP) is 6.90. The lowest BCUT2D eigenvalue weighted by Gasteiger charge is -2.40. The van der Waals surface area contributed by atoms with Crippen LogP contribution in [0.5, 0.6) is 0 Å². The smallest absolute Gasteiger partial charge is 0.328 e. The molecular formula is C51H61ClN4O9. The molecule has 13 nitrogen and oxygen atoms in total. The minimum absolute atomic E-state index is 0.0231. The zero-order valence-electron chi connectivity index (χ0n) is 37.4. The number of methoxy groups -OCH3 is 1. The highest BCUT2D eigenvalue weighted by Crippen LogP contribution is 2.42. The molecule has 0 aliphatic carbocycles. The lowest BCUT2D eigenvalue weighted by Crippen LogP contribution is -2.52. The van der Waals surface area contributed by atoms with Gasteiger partial charge in [-0.05, 0) is 59.7 Å². The molecule has 3 N–H and O–H groups in total. The third-order valence-electron chi connectivity index (χ3n) is 12.0. The first-order chi connectivity index (χ1) is 31.8. The summed E-state index contributed by atoms with van der Waals surface area (Å²) in [7, 11) is 1.30. The normalized spacial score (nSPS) is 14.8. The van der Waals surface area contributed by atoms with Gasteiger partial charge in [-0.1, -0.05) is 97.9 Å². The van der Waals surface area contributed by atoms with Gasteiger partial charge in [-0.25, -0.2) is 4.79 Å². The average molecular weight is 910 g/mol. The minimum Gasteiger partial charge on any atom is -0.467 e. The van der Waals surface area contributed by atoms with E-state index in [9.17, 15) is 19.2 Å². The first-order valence-corrected chi connectivity index (χ1v) is 23.0. The number of amides is 3. The Bertz CT molecular complexity index is 2230. The topological polar surface area (TPSA) is 158 Å². The molecule has 65 heavy (non-hydrogen) atoms. The van der Waals surface area contributed by atoms with Gasteiger partial charge in [0.2, 0.25) is 11.8 Å². The number of carbonyl (C=O) groups is 4. The molecule has 6 rings (SSSR count). The Kier molecular flexibility index (Phi) is 19.0. The van der Waals surface area contributed by atoms with Gasteiger partial charge in [0, 0.05) is 53.5 Å². The number of ether oxygens (including phenoxy) is 5. The zero-order valence-corrected chi connectivity index (χ0v) is 38.1. The van der Waals surface area contributed by atoms with Crippen molar-refractivity contribution >= 4 is 46.2 Å². The van der Waals surface area contributed by atoms with Crippen LogP contribution in [0, 0.1) is 0 Å². The highest BCUT2D eigenvalue weighted by atomic mass is 35.5. The maximum absolute atomic E-state index is 13.3. The van der Waals surface area contributed by atoms with Gasteiger partial charge in [-0.2, -0.15) is 0 Å². The number of nitrogens with one attached hydrogen (secondary N) is 3. The SMILES string of the molecule is CCC(CCCNC(=O)CCOCCOCCOCCOCCNC(=O)c1ccc([C@@H]2c3[nH]c4ccccc4c3C[C@H](C(=O)OC)N2C(=O)CCl)cc1)(c1ccccc1)c1ccccc1. The maximum Gasteiger partial charge on any atom is 0.328 e. The van der Waals surface area contributed by atoms with Crippen LogP contribution in [0.15, 0.2) is 109 Å². The van der Waals surface area contributed by atoms with Gasteiger partial charge in [-0.3, -0.25) is 14.4 Å². The third kappa shape index (κ3) is 12.8. The van der Waals surface area contributed by atoms with Gasteiger partial charge in [0.25, 0.3) is 5.91 Å². The Balaban J connectivity index is 0.804. The number of nitrogens with zero attached hydrogens (tertiary/aromatic N) is 1. The fourth-order valence-electron chi connectivity index (χ4n) is 8.68. The van der Waals surface area contributed by atoms with E-state index in [1.807, 2.05) is 36.4 Å². The van der Waals surface area contributed by atoms with Crippen LogP contribution in [-0.4, -0.2) is 119 Å². The molecule has 4 aromatic carbocycles. The molecule has 5 aromatic rings. The molecule has 0 saturated carbocycles. The van der Waals surface area contributed by atoms with Crippen molar-refractivity contribution < 1.29 is 42.9 Å². The number of aromatic nitrogens is 1. The number of aromatic amines is 1. The van der Waals surface area contributed by atoms with E-state index in [0.717, 1.165) is 41.4 Å². The molecule has 0 spiro atoms. The molecule has 0 radical (unpaired) electrons. The van der Waals surface area contributed by atoms with Crippen LogP contribution in [0.25, 0.3) is 10.9 Å². The highest BCUT2D eigenvalue weighted by Gasteiger charge is 2.44. The Morgan fingerprint density at radius 2 is 1.31 bits per heavy atom. The van der Waals surface area contributed by atoms with Gasteiger partial charge in [-0.15, -0.1) is 11.6 Å². The molecule has 14 heteroatoms. The lowest BCUT2D eigenvalue weighted by molar-refractivity contribution is -0.154. The third-order valence-corrected chi connectivity index (χ3v) is 12.2. The van der Waals surface area contributed by atoms with E-state index in [-0.39, 0.29) is 29.5 Å². The Hall–Kier alpha value is -5.57. The maximum atomic E-state index is 13.3. The van der Waals surface area contributed by atoms with Crippen LogP contribution < -0.4 is 10.6 Å². The number of fused-ring (bicyclic) bond motifs is 3. The van der Waals surface area contributed by atoms with E-state index >= 15 is 0 Å². The molecule has 0 unspecified atom stereocenters. The van der Waals surface area contributed by atoms with Gasteiger partial charge in [0.15, 0.2) is 0 Å². The summed E-state index contributed by atoms with van der Waals surface area (Å²) in [4.78, 5) is 56.7. The van der Waals surface area contributed by atoms with E-state index in [0.29, 0.717) is 83.5 Å². The second-order valence-corrected chi connectivity index (χ2v) is 16.1. The summed E-state index contributed by atoms with van der Waals surface area (Å²) in [5.41, 5.74) is 6.26. The van der Waals surface area contributed by atoms with Crippen molar-refractivity contribution in [1.29, 1.82) is 0 Å². The predicted molar refractivity (Wildman–Crippen MR) is 250 cm³/mol. The summed E-state index contributed by atoms with van der Waals surface area (Å²) in [6, 6.07) is 34.5. The number of esters is 1. The van der Waals surface area contributed by atoms with Crippen LogP contribution in [0.1, 0.15) is 77.0 Å². The van der Waals surface area contributed by atoms with E-state index in [1.54, 1.807) is 24.3 Å². The van der Waals surface area contributed by atoms with Gasteiger partial charge < -0.3 is 44.2 Å². The molecule has 1 aliphatic rings. The van der Waals surface area contributed by atoms with E-state index < -0.39 is 24.0 Å². The summed E-state index contributed by atoms with van der Waals surface area (Å²) in [5, 5.41) is 6.88. The largest absolute Gasteiger partial charge is 0.467 e. The van der Waals surface area contributed by atoms with E-state index in [1.165, 1.54) is 23.1 Å². The molecule has 0 bridgehead atoms. The quantitative estimate of drug-likeness (QED) is 0.0305. The summed E-state index contributed by atoms with van der Waals surface area (Å²) >= 11 is 6.06. The number of hydrogen-bond acceptors (Lipinski definition) is 9. The van der Waals surface area contributed by atoms with Gasteiger partial charge in [0.1, 0.15) is 11.9 Å². The highest BCUT2D eigenvalue weighted by molar-refractivity contribution is 6.27. The molecule has 1 aromatic heterocycles. The second-order valence-electron chi connectivity index (χ2n) is 15.8. The van der Waals surface area contributed by atoms with Crippen molar-refractivity contribution in [2.45, 2.75) is 56.5 Å². The van der Waals surface area contributed by atoms with Crippen molar-refractivity contribution in [3.63, 3.8) is 0 Å². The monoisotopic (exact) mass is 908 g/mol. The first kappa shape index (κ1) is 48.9. The minimum atomic E-state index is -0.871. The Morgan fingerprint density at radius 1 is 0.723 bits per heavy atom. The fraction of sp³-hybridized carbons (Fsp3) is 0.412. The van der Waals surface area contributed by atoms with E-state index in [4.69, 9.17) is 35.3 Å². The molecule has 1 aliphatic heterocycles. The van der Waals surface area contributed by atoms with Crippen LogP contribution in [0.3, 0.4) is 0 Å². The number of benzene rings is 4. The lowest BCUT2D eigenvalue weighted by atomic mass is 9.69. The van der Waals surface area contributed by atoms with Gasteiger partial charge in [0.05, 0.1) is 66.0 Å². The van der Waals surface area contributed by atoms with Crippen molar-refractivity contribution in [2.24, 2.45) is 0 Å². The Morgan fingerprint density at radius 3 is 1.91 bits per heavy atom. The number of H-pyrrole nitrogens is 1. The van der Waals surface area contributed by atoms with Crippen LogP contribution in [0.4, 0.5) is 0 Å². The zero-order chi connectivity index (χ0) is 45.9. The van der Waals surface area contributed by atoms with Crippen molar-refractivity contribution in [1.82, 2.24) is 20.5 Å². The van der Waals surface area contributed by atoms with Crippen LogP contribution in [-0.2, 0) is 49.9 Å². The Labute approximate surface area is 386 Å². The first-order valence-electron chi connectivity index (χ1n) is 22.4. The molecule has 0 fully saturated rings. The fourth-order valence-corrected chi connectivity index (χ4v) is 8.81. The second kappa shape index (κ2) is 25.2. The number of carbonyl (C=O) groups excluding carboxylic acids is 4. The summed E-state index contributed by atoms with van der Waals surface area (Å²) < 4.78 is 27.5. The van der Waals surface area contributed by atoms with E-state index in [2.05, 4.69) is 71.1 Å². The average Bonchev–Trinajstić information content (AvgIpc) is 3.73. The number of para-hydroxylation sites is 1. The summed E-state index contributed by atoms with van der Waals surface area (Å²) in [5.74, 6) is -1.54. The summed E-state index contributed by atoms with van der Waals surface area (Å²) in [6.45, 7) is 6.09. The molecular weight excluding hydrogens is 848 g/mol. The number of hydrogen-bond donors (Lipinski definition) is 3. The van der Waals surface area contributed by atoms with Crippen molar-refractivity contribution in [2.75, 3.05) is 78.9 Å². The van der Waals surface area contributed by atoms with Crippen molar-refractivity contribution in [3.8, 4) is 0 Å². The number of alkyl halides is 1. The van der Waals surface area contributed by atoms with Crippen LogP contribution >= 0.6 is 11.6 Å². The van der Waals surface area contributed by atoms with Gasteiger partial charge >= 0.3 is 5.97 Å². The molecule has 346 valence electrons. The molecule has 2 atom stereocenters. The number of halogens is 1. The van der Waals surface area contributed by atoms with Crippen molar-refractivity contribution in [3.05, 3.63) is 143 Å². The van der Waals surface area contributed by atoms with Crippen LogP contribution in [0.2, 0.25) is 0 Å². The molecule has 2 heterocycles. The standard InChI is InChI=1S/C51H61ClN4O9/c1-3-51(39-13-6-4-7-14-39,40-15-8-5-9-16-40)24-12-25-53-45(57)23-27-62-29-31-64-33-34-65-32-30-63-28-26-54-49(59)38-21-19-37(20-22-38)48-47-42(41-17-10-11-18-43(41)55-47)35-44(50(60)61-2)56(48)46(58)36-52/h4-11,13-22,44,48,55H,3,12,23-36H2,1-2H3,(H,53,57)(H,54,59)/t44-,48-/m1/s1. The molecule has 3 amide bonds. The number of rotatable bonds is 26. The summed E-state index contributed by atoms with van der Waals surface area (Å²) in [6.07, 6.45) is 3.34.